The van der Waals surface area contributed by atoms with Gasteiger partial charge in [-0.1, -0.05) is 6.42 Å². The molecule has 1 rings (SSSR count). The van der Waals surface area contributed by atoms with E-state index in [0.717, 1.165) is 25.5 Å². The van der Waals surface area contributed by atoms with Crippen molar-refractivity contribution in [3.05, 3.63) is 0 Å². The Morgan fingerprint density at radius 3 is 2.87 bits per heavy atom. The third kappa shape index (κ3) is 5.31. The maximum absolute atomic E-state index is 11.9. The molecule has 1 saturated heterocycles. The predicted octanol–water partition coefficient (Wildman–Crippen LogP) is 0.385. The molecule has 1 aliphatic rings. The van der Waals surface area contributed by atoms with Gasteiger partial charge in [-0.3, -0.25) is 0 Å². The SMILES string of the molecule is C[SiH]1O[SiH2]OCCCC[Si](C)(C)O[Si]1=O. The molecule has 0 saturated carbocycles. The molecule has 0 bridgehead atoms. The highest BCUT2D eigenvalue weighted by atomic mass is 29.2. The van der Waals surface area contributed by atoms with Gasteiger partial charge in [-0.15, -0.1) is 0 Å². The van der Waals surface area contributed by atoms with Crippen molar-refractivity contribution in [2.24, 2.45) is 0 Å². The first-order valence-corrected chi connectivity index (χ1v) is 14.5. The molecule has 1 unspecified atom stereocenters. The van der Waals surface area contributed by atoms with E-state index in [9.17, 15) is 4.46 Å². The molecule has 0 N–H and O–H groups in total. The second-order valence-electron chi connectivity index (χ2n) is 4.47. The monoisotopic (exact) mass is 280 g/mol. The lowest BCUT2D eigenvalue weighted by molar-refractivity contribution is 0.285. The first kappa shape index (κ1) is 13.5. The molecule has 4 nitrogen and oxygen atoms in total. The van der Waals surface area contributed by atoms with Crippen molar-refractivity contribution in [2.75, 3.05) is 6.61 Å². The minimum absolute atomic E-state index is 0.804. The van der Waals surface area contributed by atoms with Crippen LogP contribution in [0.2, 0.25) is 25.7 Å². The molecule has 15 heavy (non-hydrogen) atoms. The predicted molar refractivity (Wildman–Crippen MR) is 67.6 cm³/mol. The molecule has 0 radical (unpaired) electrons. The maximum Gasteiger partial charge on any atom is 0.484 e. The highest BCUT2D eigenvalue weighted by Crippen LogP contribution is 2.16. The van der Waals surface area contributed by atoms with Gasteiger partial charge in [0.2, 0.25) is 8.32 Å². The van der Waals surface area contributed by atoms with Crippen LogP contribution in [-0.4, -0.2) is 41.9 Å². The number of hydrogen-bond acceptors (Lipinski definition) is 4. The molecule has 0 aliphatic carbocycles. The van der Waals surface area contributed by atoms with E-state index in [2.05, 4.69) is 13.1 Å². The summed E-state index contributed by atoms with van der Waals surface area (Å²) in [6.07, 6.45) is 2.20. The Bertz CT molecular complexity index is 223. The van der Waals surface area contributed by atoms with Gasteiger partial charge in [0.15, 0.2) is 0 Å². The van der Waals surface area contributed by atoms with Crippen molar-refractivity contribution in [2.45, 2.75) is 38.5 Å². The van der Waals surface area contributed by atoms with E-state index < -0.39 is 35.3 Å². The minimum Gasteiger partial charge on any atom is -0.580 e. The normalized spacial score (nSPS) is 30.6. The van der Waals surface area contributed by atoms with E-state index in [0.29, 0.717) is 0 Å². The zero-order valence-corrected chi connectivity index (χ0v) is 14.3. The van der Waals surface area contributed by atoms with Crippen molar-refractivity contribution in [3.63, 3.8) is 0 Å². The van der Waals surface area contributed by atoms with Crippen LogP contribution in [0.1, 0.15) is 12.8 Å². The molecule has 1 atom stereocenters. The Hall–Kier alpha value is 0.388. The van der Waals surface area contributed by atoms with Crippen LogP contribution in [-0.2, 0) is 17.1 Å². The summed E-state index contributed by atoms with van der Waals surface area (Å²) < 4.78 is 28.6. The zero-order chi connectivity index (χ0) is 11.3. The molecular weight excluding hydrogens is 260 g/mol. The molecule has 1 heterocycles. The lowest BCUT2D eigenvalue weighted by Gasteiger charge is -2.24. The fourth-order valence-corrected chi connectivity index (χ4v) is 14.1. The Labute approximate surface area is 97.8 Å². The maximum atomic E-state index is 11.9. The van der Waals surface area contributed by atoms with Gasteiger partial charge >= 0.3 is 8.44 Å². The minimum atomic E-state index is -1.91. The van der Waals surface area contributed by atoms with Gasteiger partial charge in [0.05, 0.1) is 0 Å². The summed E-state index contributed by atoms with van der Waals surface area (Å²) in [4.78, 5) is 0. The van der Waals surface area contributed by atoms with E-state index in [1.54, 1.807) is 0 Å². The summed E-state index contributed by atoms with van der Waals surface area (Å²) in [6, 6.07) is 1.08. The van der Waals surface area contributed by atoms with E-state index in [1.165, 1.54) is 0 Å². The molecule has 0 aromatic heterocycles. The van der Waals surface area contributed by atoms with Gasteiger partial charge < -0.3 is 17.1 Å². The average molecular weight is 281 g/mol. The van der Waals surface area contributed by atoms with Crippen molar-refractivity contribution in [1.82, 2.24) is 0 Å². The van der Waals surface area contributed by atoms with Gasteiger partial charge in [0.25, 0.3) is 18.6 Å². The lowest BCUT2D eigenvalue weighted by Crippen LogP contribution is -2.42. The molecular formula is C7H20O4Si4. The number of hydrogen-bond donors (Lipinski definition) is 0. The van der Waals surface area contributed by atoms with Gasteiger partial charge in [0.1, 0.15) is 0 Å². The van der Waals surface area contributed by atoms with Crippen molar-refractivity contribution in [3.8, 4) is 0 Å². The smallest absolute Gasteiger partial charge is 0.484 e. The highest BCUT2D eigenvalue weighted by molar-refractivity contribution is 7.12. The largest absolute Gasteiger partial charge is 0.580 e. The third-order valence-electron chi connectivity index (χ3n) is 2.43. The molecule has 0 aromatic carbocycles. The van der Waals surface area contributed by atoms with Crippen LogP contribution in [0, 0.1) is 0 Å². The van der Waals surface area contributed by atoms with Crippen LogP contribution in [0.5, 0.6) is 0 Å². The van der Waals surface area contributed by atoms with Crippen LogP contribution in [0.3, 0.4) is 0 Å². The van der Waals surface area contributed by atoms with Crippen LogP contribution >= 0.6 is 0 Å². The van der Waals surface area contributed by atoms with Gasteiger partial charge in [-0.05, 0) is 32.1 Å². The molecule has 1 aliphatic heterocycles. The number of rotatable bonds is 0. The van der Waals surface area contributed by atoms with Gasteiger partial charge in [-0.25, -0.2) is 0 Å². The molecule has 0 amide bonds. The van der Waals surface area contributed by atoms with E-state index >= 15 is 0 Å². The van der Waals surface area contributed by atoms with Crippen molar-refractivity contribution in [1.29, 1.82) is 0 Å². The van der Waals surface area contributed by atoms with Crippen LogP contribution in [0.25, 0.3) is 0 Å². The van der Waals surface area contributed by atoms with Gasteiger partial charge in [-0.2, -0.15) is 0 Å². The molecule has 8 heteroatoms. The quantitative estimate of drug-likeness (QED) is 0.602. The Morgan fingerprint density at radius 2 is 2.13 bits per heavy atom. The van der Waals surface area contributed by atoms with Crippen LogP contribution < -0.4 is 0 Å². The fourth-order valence-electron chi connectivity index (χ4n) is 1.44. The average Bonchev–Trinajstić information content (AvgIpc) is 2.15. The zero-order valence-electron chi connectivity index (χ0n) is 9.75. The molecule has 88 valence electrons. The summed E-state index contributed by atoms with van der Waals surface area (Å²) in [5.41, 5.74) is 0. The van der Waals surface area contributed by atoms with E-state index in [4.69, 9.17) is 12.7 Å². The summed E-state index contributed by atoms with van der Waals surface area (Å²) in [6.45, 7) is 7.05. The Balaban J connectivity index is 2.56. The molecule has 1 fully saturated rings. The molecule has 0 spiro atoms. The standard InChI is InChI=1S/C7H20O4Si4/c1-13-10-12-9-6-4-5-7-15(2,3)11-14(13)8/h13H,4-7,12H2,1-3H3. The highest BCUT2D eigenvalue weighted by Gasteiger charge is 2.31. The summed E-state index contributed by atoms with van der Waals surface area (Å²) >= 11 is 0. The summed E-state index contributed by atoms with van der Waals surface area (Å²) in [5.74, 6) is 0. The van der Waals surface area contributed by atoms with E-state index in [1.807, 2.05) is 6.55 Å². The first-order chi connectivity index (χ1) is 7.01. The lowest BCUT2D eigenvalue weighted by atomic mass is 10.4. The Kier molecular flexibility index (Phi) is 5.56. The fraction of sp³-hybridized carbons (Fsp3) is 1.00. The summed E-state index contributed by atoms with van der Waals surface area (Å²) in [5, 5.41) is 0. The first-order valence-electron chi connectivity index (χ1n) is 5.43. The van der Waals surface area contributed by atoms with Crippen molar-refractivity contribution >= 4 is 35.3 Å². The Morgan fingerprint density at radius 1 is 1.40 bits per heavy atom. The topological polar surface area (TPSA) is 44.8 Å². The van der Waals surface area contributed by atoms with E-state index in [-0.39, 0.29) is 0 Å². The van der Waals surface area contributed by atoms with Crippen LogP contribution in [0.15, 0.2) is 0 Å². The summed E-state index contributed by atoms with van der Waals surface area (Å²) in [7, 11) is -6.13. The second kappa shape index (κ2) is 6.20. The van der Waals surface area contributed by atoms with Gasteiger partial charge in [0, 0.05) is 6.61 Å². The second-order valence-corrected chi connectivity index (χ2v) is 17.1. The third-order valence-corrected chi connectivity index (χ3v) is 15.2. The van der Waals surface area contributed by atoms with Crippen molar-refractivity contribution < 1.29 is 17.1 Å². The van der Waals surface area contributed by atoms with Crippen LogP contribution in [0.4, 0.5) is 0 Å². The molecule has 0 aromatic rings.